The van der Waals surface area contributed by atoms with Gasteiger partial charge in [-0.05, 0) is 25.5 Å². The minimum Gasteiger partial charge on any atom is -0.467 e. The van der Waals surface area contributed by atoms with Gasteiger partial charge in [0.05, 0.1) is 30.3 Å². The summed E-state index contributed by atoms with van der Waals surface area (Å²) >= 11 is 0. The summed E-state index contributed by atoms with van der Waals surface area (Å²) < 4.78 is 6.62. The van der Waals surface area contributed by atoms with Crippen molar-refractivity contribution in [2.24, 2.45) is 0 Å². The molecule has 0 fully saturated rings. The third kappa shape index (κ3) is 3.12. The molecule has 3 aromatic rings. The average molecular weight is 327 g/mol. The van der Waals surface area contributed by atoms with Gasteiger partial charge in [-0.2, -0.15) is 5.10 Å². The Hall–Kier alpha value is -3.16. The van der Waals surface area contributed by atoms with Gasteiger partial charge in [-0.1, -0.05) is 6.92 Å². The first-order valence-corrected chi connectivity index (χ1v) is 7.54. The van der Waals surface area contributed by atoms with Gasteiger partial charge in [0.1, 0.15) is 5.76 Å². The number of furan rings is 1. The number of carbonyl (C=O) groups excluding carboxylic acids is 1. The van der Waals surface area contributed by atoms with Crippen molar-refractivity contribution in [3.05, 3.63) is 63.7 Å². The number of nitrogens with one attached hydrogen (secondary N) is 2. The van der Waals surface area contributed by atoms with Gasteiger partial charge in [0.2, 0.25) is 5.95 Å². The van der Waals surface area contributed by atoms with Gasteiger partial charge in [0.25, 0.3) is 11.5 Å². The molecule has 0 saturated carbocycles. The van der Waals surface area contributed by atoms with Crippen molar-refractivity contribution in [1.29, 1.82) is 0 Å². The number of aromatic nitrogens is 4. The average Bonchev–Trinajstić information content (AvgIpc) is 3.21. The molecule has 0 unspecified atom stereocenters. The predicted molar refractivity (Wildman–Crippen MR) is 86.0 cm³/mol. The van der Waals surface area contributed by atoms with E-state index in [1.54, 1.807) is 25.3 Å². The van der Waals surface area contributed by atoms with Crippen LogP contribution in [0.4, 0.5) is 0 Å². The monoisotopic (exact) mass is 327 g/mol. The first kappa shape index (κ1) is 15.7. The van der Waals surface area contributed by atoms with E-state index in [1.165, 1.54) is 16.9 Å². The van der Waals surface area contributed by atoms with Gasteiger partial charge in [0.15, 0.2) is 0 Å². The smallest absolute Gasteiger partial charge is 0.255 e. The molecule has 0 radical (unpaired) electrons. The van der Waals surface area contributed by atoms with Crippen LogP contribution in [-0.4, -0.2) is 25.7 Å². The number of aromatic amines is 1. The lowest BCUT2D eigenvalue weighted by Gasteiger charge is -2.06. The minimum absolute atomic E-state index is 0.254. The topological polar surface area (TPSA) is 106 Å². The third-order valence-electron chi connectivity index (χ3n) is 3.60. The Balaban J connectivity index is 1.84. The maximum Gasteiger partial charge on any atom is 0.255 e. The Morgan fingerprint density at radius 1 is 1.46 bits per heavy atom. The van der Waals surface area contributed by atoms with E-state index in [0.717, 1.165) is 0 Å². The summed E-state index contributed by atoms with van der Waals surface area (Å²) in [5.41, 5.74) is 1.40. The number of aryl methyl sites for hydroxylation is 1. The summed E-state index contributed by atoms with van der Waals surface area (Å²) in [7, 11) is 0. The highest BCUT2D eigenvalue weighted by Crippen LogP contribution is 2.11. The van der Waals surface area contributed by atoms with Crippen LogP contribution >= 0.6 is 0 Å². The van der Waals surface area contributed by atoms with E-state index in [4.69, 9.17) is 4.42 Å². The van der Waals surface area contributed by atoms with Crippen molar-refractivity contribution in [2.45, 2.75) is 26.8 Å². The molecule has 0 aliphatic heterocycles. The quantitative estimate of drug-likeness (QED) is 0.736. The summed E-state index contributed by atoms with van der Waals surface area (Å²) in [6, 6.07) is 4.98. The highest BCUT2D eigenvalue weighted by molar-refractivity contribution is 5.95. The lowest BCUT2D eigenvalue weighted by atomic mass is 10.2. The molecule has 3 heterocycles. The summed E-state index contributed by atoms with van der Waals surface area (Å²) in [6.45, 7) is 3.94. The van der Waals surface area contributed by atoms with E-state index in [9.17, 15) is 9.59 Å². The largest absolute Gasteiger partial charge is 0.467 e. The SMILES string of the molecule is CCc1cc(=O)[nH]c(-n2ncc(C(=O)NCc3ccco3)c2C)n1. The van der Waals surface area contributed by atoms with Crippen molar-refractivity contribution in [1.82, 2.24) is 25.1 Å². The van der Waals surface area contributed by atoms with Crippen LogP contribution < -0.4 is 10.9 Å². The molecule has 0 aromatic carbocycles. The molecule has 24 heavy (non-hydrogen) atoms. The number of amides is 1. The molecule has 1 amide bonds. The fourth-order valence-corrected chi connectivity index (χ4v) is 2.30. The summed E-state index contributed by atoms with van der Waals surface area (Å²) in [6.07, 6.45) is 3.63. The van der Waals surface area contributed by atoms with Gasteiger partial charge in [0, 0.05) is 11.8 Å². The van der Waals surface area contributed by atoms with Gasteiger partial charge in [-0.25, -0.2) is 9.67 Å². The maximum atomic E-state index is 12.3. The second-order valence-electron chi connectivity index (χ2n) is 5.23. The van der Waals surface area contributed by atoms with E-state index in [1.807, 2.05) is 6.92 Å². The number of nitrogens with zero attached hydrogens (tertiary/aromatic N) is 3. The number of rotatable bonds is 5. The van der Waals surface area contributed by atoms with E-state index >= 15 is 0 Å². The van der Waals surface area contributed by atoms with Gasteiger partial charge < -0.3 is 9.73 Å². The van der Waals surface area contributed by atoms with E-state index < -0.39 is 0 Å². The van der Waals surface area contributed by atoms with Crippen LogP contribution in [0.2, 0.25) is 0 Å². The Morgan fingerprint density at radius 3 is 3.00 bits per heavy atom. The Labute approximate surface area is 137 Å². The number of hydrogen-bond acceptors (Lipinski definition) is 5. The molecule has 8 heteroatoms. The molecule has 124 valence electrons. The molecule has 0 aliphatic carbocycles. The number of H-pyrrole nitrogens is 1. The van der Waals surface area contributed by atoms with Crippen LogP contribution in [0, 0.1) is 6.92 Å². The van der Waals surface area contributed by atoms with Crippen molar-refractivity contribution >= 4 is 5.91 Å². The van der Waals surface area contributed by atoms with E-state index in [0.29, 0.717) is 35.1 Å². The standard InChI is InChI=1S/C16H17N5O3/c1-3-11-7-14(22)20-16(19-11)21-10(2)13(9-18-21)15(23)17-8-12-5-4-6-24-12/h4-7,9H,3,8H2,1-2H3,(H,17,23)(H,19,20,22). The van der Waals surface area contributed by atoms with Crippen LogP contribution in [0.15, 0.2) is 39.9 Å². The lowest BCUT2D eigenvalue weighted by Crippen LogP contribution is -2.23. The Bertz CT molecular complexity index is 908. The fourth-order valence-electron chi connectivity index (χ4n) is 2.30. The van der Waals surface area contributed by atoms with Crippen LogP contribution in [0.3, 0.4) is 0 Å². The zero-order valence-corrected chi connectivity index (χ0v) is 13.4. The second-order valence-corrected chi connectivity index (χ2v) is 5.23. The van der Waals surface area contributed by atoms with Gasteiger partial charge >= 0.3 is 0 Å². The molecular formula is C16H17N5O3. The molecule has 2 N–H and O–H groups in total. The van der Waals surface area contributed by atoms with E-state index in [2.05, 4.69) is 20.4 Å². The highest BCUT2D eigenvalue weighted by Gasteiger charge is 2.16. The maximum absolute atomic E-state index is 12.3. The molecule has 3 rings (SSSR count). The van der Waals surface area contributed by atoms with Gasteiger partial charge in [-0.3, -0.25) is 14.6 Å². The van der Waals surface area contributed by atoms with Crippen LogP contribution in [0.5, 0.6) is 0 Å². The van der Waals surface area contributed by atoms with Crippen molar-refractivity contribution in [2.75, 3.05) is 0 Å². The first-order valence-electron chi connectivity index (χ1n) is 7.54. The zero-order chi connectivity index (χ0) is 17.1. The summed E-state index contributed by atoms with van der Waals surface area (Å²) in [5, 5.41) is 6.93. The highest BCUT2D eigenvalue weighted by atomic mass is 16.3. The normalized spacial score (nSPS) is 10.8. The van der Waals surface area contributed by atoms with Crippen LogP contribution in [-0.2, 0) is 13.0 Å². The number of carbonyl (C=O) groups is 1. The molecule has 0 spiro atoms. The minimum atomic E-state index is -0.274. The third-order valence-corrected chi connectivity index (χ3v) is 3.60. The van der Waals surface area contributed by atoms with Crippen molar-refractivity contribution in [3.8, 4) is 5.95 Å². The Morgan fingerprint density at radius 2 is 2.29 bits per heavy atom. The lowest BCUT2D eigenvalue weighted by molar-refractivity contribution is 0.0947. The fraction of sp³-hybridized carbons (Fsp3) is 0.250. The first-order chi connectivity index (χ1) is 11.6. The molecule has 0 aliphatic rings. The number of hydrogen-bond donors (Lipinski definition) is 2. The summed E-state index contributed by atoms with van der Waals surface area (Å²) in [5.74, 6) is 0.682. The van der Waals surface area contributed by atoms with E-state index in [-0.39, 0.29) is 18.0 Å². The second kappa shape index (κ2) is 6.53. The van der Waals surface area contributed by atoms with Crippen LogP contribution in [0.1, 0.15) is 34.4 Å². The molecule has 8 nitrogen and oxygen atoms in total. The molecule has 0 atom stereocenters. The predicted octanol–water partition coefficient (Wildman–Crippen LogP) is 1.35. The molecular weight excluding hydrogens is 310 g/mol. The molecule has 0 saturated heterocycles. The van der Waals surface area contributed by atoms with Crippen molar-refractivity contribution in [3.63, 3.8) is 0 Å². The van der Waals surface area contributed by atoms with Crippen LogP contribution in [0.25, 0.3) is 5.95 Å². The molecule has 3 aromatic heterocycles. The van der Waals surface area contributed by atoms with Crippen molar-refractivity contribution < 1.29 is 9.21 Å². The molecule has 0 bridgehead atoms. The Kier molecular flexibility index (Phi) is 4.28. The summed E-state index contributed by atoms with van der Waals surface area (Å²) in [4.78, 5) is 31.0. The zero-order valence-electron chi connectivity index (χ0n) is 13.4. The van der Waals surface area contributed by atoms with Gasteiger partial charge in [-0.15, -0.1) is 0 Å².